The first-order chi connectivity index (χ1) is 14.2. The molecule has 1 aliphatic rings. The number of likely N-dealkylation sites (tertiary alicyclic amines) is 1. The number of benzene rings is 2. The number of hydrogen-bond donors (Lipinski definition) is 0. The second kappa shape index (κ2) is 8.41. The molecule has 158 valence electrons. The van der Waals surface area contributed by atoms with Crippen molar-refractivity contribution in [1.29, 1.82) is 5.26 Å². The summed E-state index contributed by atoms with van der Waals surface area (Å²) in [6.07, 6.45) is -1.42. The summed E-state index contributed by atoms with van der Waals surface area (Å²) in [7, 11) is 1.23. The maximum Gasteiger partial charge on any atom is 0.412 e. The minimum absolute atomic E-state index is 0.0983. The lowest BCUT2D eigenvalue weighted by Crippen LogP contribution is -2.48. The van der Waals surface area contributed by atoms with Gasteiger partial charge in [0.15, 0.2) is 6.04 Å². The minimum Gasteiger partial charge on any atom is -0.486 e. The molecule has 1 fully saturated rings. The minimum atomic E-state index is -1.03. The third kappa shape index (κ3) is 4.29. The van der Waals surface area contributed by atoms with E-state index in [0.29, 0.717) is 10.8 Å². The maximum atomic E-state index is 12.8. The fourth-order valence-corrected chi connectivity index (χ4v) is 3.72. The molecular formula is C22H23ClN2O5. The quantitative estimate of drug-likeness (QED) is 0.674. The number of nitriles is 1. The van der Waals surface area contributed by atoms with E-state index in [1.54, 1.807) is 32.9 Å². The molecule has 1 heterocycles. The van der Waals surface area contributed by atoms with E-state index < -0.39 is 35.9 Å². The van der Waals surface area contributed by atoms with Gasteiger partial charge in [0.25, 0.3) is 0 Å². The molecule has 0 spiro atoms. The normalized spacial score (nSPS) is 21.2. The number of carbonyl (C=O) groups is 2. The van der Waals surface area contributed by atoms with Crippen molar-refractivity contribution in [3.05, 3.63) is 41.4 Å². The van der Waals surface area contributed by atoms with Crippen LogP contribution in [-0.2, 0) is 14.3 Å². The van der Waals surface area contributed by atoms with Gasteiger partial charge in [-0.15, -0.1) is 0 Å². The van der Waals surface area contributed by atoms with Crippen LogP contribution < -0.4 is 4.74 Å². The number of halogens is 1. The molecule has 0 bridgehead atoms. The molecule has 0 radical (unpaired) electrons. The number of fused-ring (bicyclic) bond motifs is 1. The summed E-state index contributed by atoms with van der Waals surface area (Å²) < 4.78 is 16.4. The third-order valence-corrected chi connectivity index (χ3v) is 5.09. The molecular weight excluding hydrogens is 408 g/mol. The summed E-state index contributed by atoms with van der Waals surface area (Å²) in [6.45, 7) is 5.13. The van der Waals surface area contributed by atoms with Crippen molar-refractivity contribution in [2.75, 3.05) is 7.11 Å². The zero-order valence-electron chi connectivity index (χ0n) is 17.2. The van der Waals surface area contributed by atoms with E-state index in [1.165, 1.54) is 7.11 Å². The Hall–Kier alpha value is -2.98. The van der Waals surface area contributed by atoms with Gasteiger partial charge in [-0.05, 0) is 32.9 Å². The van der Waals surface area contributed by atoms with E-state index >= 15 is 0 Å². The fourth-order valence-electron chi connectivity index (χ4n) is 3.50. The molecule has 0 aliphatic carbocycles. The van der Waals surface area contributed by atoms with Gasteiger partial charge >= 0.3 is 12.1 Å². The van der Waals surface area contributed by atoms with Crippen LogP contribution in [0.1, 0.15) is 27.2 Å². The van der Waals surface area contributed by atoms with Crippen LogP contribution >= 0.6 is 11.6 Å². The van der Waals surface area contributed by atoms with E-state index in [1.807, 2.05) is 24.3 Å². The SMILES string of the molecule is COC(=O)[C@@H]1C[C@@H](Oc2ccc(Cl)c3ccccc23)C(C#N)N1C(=O)OC(C)(C)C. The van der Waals surface area contributed by atoms with E-state index in [-0.39, 0.29) is 6.42 Å². The van der Waals surface area contributed by atoms with Crippen molar-refractivity contribution in [2.24, 2.45) is 0 Å². The number of esters is 1. The molecule has 1 saturated heterocycles. The molecule has 0 aromatic heterocycles. The Morgan fingerprint density at radius 3 is 2.43 bits per heavy atom. The number of methoxy groups -OCH3 is 1. The van der Waals surface area contributed by atoms with E-state index in [9.17, 15) is 14.9 Å². The molecule has 2 aromatic carbocycles. The van der Waals surface area contributed by atoms with Gasteiger partial charge in [0, 0.05) is 22.2 Å². The Bertz CT molecular complexity index is 1010. The Balaban J connectivity index is 1.96. The van der Waals surface area contributed by atoms with Crippen LogP contribution in [0.25, 0.3) is 10.8 Å². The molecule has 1 unspecified atom stereocenters. The van der Waals surface area contributed by atoms with Crippen molar-refractivity contribution in [1.82, 2.24) is 4.90 Å². The Kier molecular flexibility index (Phi) is 6.09. The molecule has 3 rings (SSSR count). The molecule has 0 N–H and O–H groups in total. The Morgan fingerprint density at radius 2 is 1.83 bits per heavy atom. The molecule has 1 aliphatic heterocycles. The zero-order valence-corrected chi connectivity index (χ0v) is 18.0. The standard InChI is InChI=1S/C22H23ClN2O5/c1-22(2,3)30-21(27)25-16(20(26)28-4)11-19(17(25)12-24)29-18-10-9-15(23)13-7-5-6-8-14(13)18/h5-10,16-17,19H,11H2,1-4H3/t16-,17?,19+/m0/s1. The third-order valence-electron chi connectivity index (χ3n) is 4.76. The van der Waals surface area contributed by atoms with Gasteiger partial charge in [0.2, 0.25) is 0 Å². The van der Waals surface area contributed by atoms with E-state index in [0.717, 1.165) is 15.7 Å². The van der Waals surface area contributed by atoms with Crippen molar-refractivity contribution < 1.29 is 23.8 Å². The zero-order chi connectivity index (χ0) is 22.1. The van der Waals surface area contributed by atoms with Crippen LogP contribution in [0.2, 0.25) is 5.02 Å². The van der Waals surface area contributed by atoms with Crippen LogP contribution in [0.3, 0.4) is 0 Å². The molecule has 8 heteroatoms. The van der Waals surface area contributed by atoms with Crippen molar-refractivity contribution in [3.8, 4) is 11.8 Å². The van der Waals surface area contributed by atoms with E-state index in [2.05, 4.69) is 6.07 Å². The van der Waals surface area contributed by atoms with Crippen LogP contribution in [0, 0.1) is 11.3 Å². The summed E-state index contributed by atoms with van der Waals surface area (Å²) in [5, 5.41) is 12.0. The lowest BCUT2D eigenvalue weighted by molar-refractivity contribution is -0.146. The van der Waals surface area contributed by atoms with Crippen molar-refractivity contribution in [2.45, 2.75) is 51.0 Å². The lowest BCUT2D eigenvalue weighted by atomic mass is 10.1. The largest absolute Gasteiger partial charge is 0.486 e. The first kappa shape index (κ1) is 21.7. The van der Waals surface area contributed by atoms with Crippen LogP contribution in [0.4, 0.5) is 4.79 Å². The molecule has 3 atom stereocenters. The molecule has 7 nitrogen and oxygen atoms in total. The smallest absolute Gasteiger partial charge is 0.412 e. The predicted molar refractivity (Wildman–Crippen MR) is 111 cm³/mol. The van der Waals surface area contributed by atoms with Crippen LogP contribution in [-0.4, -0.2) is 47.9 Å². The first-order valence-electron chi connectivity index (χ1n) is 9.49. The molecule has 1 amide bonds. The number of carbonyl (C=O) groups excluding carboxylic acids is 2. The summed E-state index contributed by atoms with van der Waals surface area (Å²) in [4.78, 5) is 26.3. The Morgan fingerprint density at radius 1 is 1.17 bits per heavy atom. The highest BCUT2D eigenvalue weighted by molar-refractivity contribution is 6.35. The van der Waals surface area contributed by atoms with Gasteiger partial charge in [-0.25, -0.2) is 9.59 Å². The monoisotopic (exact) mass is 430 g/mol. The molecule has 2 aromatic rings. The van der Waals surface area contributed by atoms with Crippen molar-refractivity contribution in [3.63, 3.8) is 0 Å². The van der Waals surface area contributed by atoms with Gasteiger partial charge in [0.1, 0.15) is 23.5 Å². The lowest BCUT2D eigenvalue weighted by Gasteiger charge is -2.29. The van der Waals surface area contributed by atoms with Gasteiger partial charge in [0.05, 0.1) is 13.2 Å². The Labute approximate surface area is 180 Å². The number of amides is 1. The predicted octanol–water partition coefficient (Wildman–Crippen LogP) is 4.32. The van der Waals surface area contributed by atoms with Gasteiger partial charge in [-0.3, -0.25) is 4.90 Å². The highest BCUT2D eigenvalue weighted by Crippen LogP contribution is 2.36. The second-order valence-electron chi connectivity index (χ2n) is 7.98. The topological polar surface area (TPSA) is 88.9 Å². The maximum absolute atomic E-state index is 12.8. The summed E-state index contributed by atoms with van der Waals surface area (Å²) in [5.41, 5.74) is -0.789. The van der Waals surface area contributed by atoms with E-state index in [4.69, 9.17) is 25.8 Å². The van der Waals surface area contributed by atoms with Gasteiger partial charge in [-0.1, -0.05) is 35.9 Å². The van der Waals surface area contributed by atoms with Crippen molar-refractivity contribution >= 4 is 34.4 Å². The fraction of sp³-hybridized carbons (Fsp3) is 0.409. The highest BCUT2D eigenvalue weighted by atomic mass is 35.5. The highest BCUT2D eigenvalue weighted by Gasteiger charge is 2.51. The number of nitrogens with zero attached hydrogens (tertiary/aromatic N) is 2. The number of rotatable bonds is 3. The second-order valence-corrected chi connectivity index (χ2v) is 8.39. The van der Waals surface area contributed by atoms with Crippen LogP contribution in [0.15, 0.2) is 36.4 Å². The van der Waals surface area contributed by atoms with Crippen LogP contribution in [0.5, 0.6) is 5.75 Å². The van der Waals surface area contributed by atoms with Gasteiger partial charge in [-0.2, -0.15) is 5.26 Å². The number of hydrogen-bond acceptors (Lipinski definition) is 6. The molecule has 0 saturated carbocycles. The first-order valence-corrected chi connectivity index (χ1v) is 9.86. The number of ether oxygens (including phenoxy) is 3. The molecule has 30 heavy (non-hydrogen) atoms. The summed E-state index contributed by atoms with van der Waals surface area (Å²) >= 11 is 6.27. The van der Waals surface area contributed by atoms with Gasteiger partial charge < -0.3 is 14.2 Å². The summed E-state index contributed by atoms with van der Waals surface area (Å²) in [6, 6.07) is 10.9. The summed E-state index contributed by atoms with van der Waals surface area (Å²) in [5.74, 6) is -0.122. The average molecular weight is 431 g/mol. The average Bonchev–Trinajstić information content (AvgIpc) is 3.07.